The van der Waals surface area contributed by atoms with Crippen LogP contribution >= 0.6 is 0 Å². The van der Waals surface area contributed by atoms with Gasteiger partial charge in [0.1, 0.15) is 17.3 Å². The molecule has 2 rings (SSSR count). The Kier molecular flexibility index (Phi) is 5.50. The van der Waals surface area contributed by atoms with Crippen LogP contribution in [0.4, 0.5) is 19.0 Å². The number of alkyl halides is 3. The minimum atomic E-state index is -4.53. The highest BCUT2D eigenvalue weighted by Crippen LogP contribution is 2.34. The van der Waals surface area contributed by atoms with Crippen molar-refractivity contribution in [3.8, 4) is 11.5 Å². The molecule has 0 aliphatic carbocycles. The van der Waals surface area contributed by atoms with E-state index in [1.807, 2.05) is 0 Å². The Morgan fingerprint density at radius 3 is 2.33 bits per heavy atom. The third-order valence-corrected chi connectivity index (χ3v) is 3.33. The van der Waals surface area contributed by atoms with E-state index in [0.29, 0.717) is 17.1 Å². The normalized spacial score (nSPS) is 12.6. The lowest BCUT2D eigenvalue weighted by atomic mass is 10.1. The number of nitrogens with one attached hydrogen (secondary N) is 1. The lowest BCUT2D eigenvalue weighted by molar-refractivity contribution is -0.137. The van der Waals surface area contributed by atoms with Gasteiger partial charge in [0, 0.05) is 18.8 Å². The Morgan fingerprint density at radius 1 is 1.17 bits per heavy atom. The number of aromatic nitrogens is 1. The summed E-state index contributed by atoms with van der Waals surface area (Å²) in [6, 6.07) is 6.92. The monoisotopic (exact) mass is 342 g/mol. The number of aliphatic hydroxyl groups excluding tert-OH is 1. The molecule has 0 saturated heterocycles. The molecule has 1 aromatic heterocycles. The van der Waals surface area contributed by atoms with Crippen molar-refractivity contribution in [3.05, 3.63) is 47.7 Å². The van der Waals surface area contributed by atoms with E-state index < -0.39 is 17.8 Å². The number of pyridine rings is 1. The smallest absolute Gasteiger partial charge is 0.419 e. The number of methoxy groups -OCH3 is 2. The van der Waals surface area contributed by atoms with E-state index in [9.17, 15) is 18.3 Å². The van der Waals surface area contributed by atoms with Crippen molar-refractivity contribution >= 4 is 5.82 Å². The Labute approximate surface area is 137 Å². The molecule has 0 spiro atoms. The van der Waals surface area contributed by atoms with E-state index in [2.05, 4.69) is 10.3 Å². The summed E-state index contributed by atoms with van der Waals surface area (Å²) in [5.74, 6) is 0.605. The van der Waals surface area contributed by atoms with Crippen LogP contribution in [-0.2, 0) is 6.18 Å². The molecular formula is C16H17F3N2O3. The Hall–Kier alpha value is -2.48. The number of nitrogens with zero attached hydrogens (tertiary/aromatic N) is 1. The molecule has 2 N–H and O–H groups in total. The topological polar surface area (TPSA) is 63.6 Å². The van der Waals surface area contributed by atoms with Gasteiger partial charge in [0.15, 0.2) is 0 Å². The van der Waals surface area contributed by atoms with Gasteiger partial charge in [-0.1, -0.05) is 0 Å². The molecule has 1 heterocycles. The number of benzene rings is 1. The van der Waals surface area contributed by atoms with Gasteiger partial charge < -0.3 is 19.9 Å². The van der Waals surface area contributed by atoms with E-state index in [0.717, 1.165) is 6.07 Å². The number of ether oxygens (including phenoxy) is 2. The fourth-order valence-electron chi connectivity index (χ4n) is 2.11. The van der Waals surface area contributed by atoms with Crippen LogP contribution in [0.2, 0.25) is 0 Å². The summed E-state index contributed by atoms with van der Waals surface area (Å²) in [4.78, 5) is 3.69. The van der Waals surface area contributed by atoms with Gasteiger partial charge in [-0.2, -0.15) is 13.2 Å². The molecule has 8 heteroatoms. The number of hydrogen-bond donors (Lipinski definition) is 2. The largest absolute Gasteiger partial charge is 0.497 e. The van der Waals surface area contributed by atoms with Crippen molar-refractivity contribution in [2.75, 3.05) is 26.1 Å². The standard InChI is InChI=1S/C16H17F3N2O3/c1-23-11-6-10(7-12(8-11)24-2)14(22)9-21-15-13(16(17,18)19)4-3-5-20-15/h3-8,14,22H,9H2,1-2H3,(H,20,21). The van der Waals surface area contributed by atoms with Gasteiger partial charge in [0.25, 0.3) is 0 Å². The quantitative estimate of drug-likeness (QED) is 0.844. The minimum Gasteiger partial charge on any atom is -0.497 e. The molecule has 0 bridgehead atoms. The molecule has 1 aromatic carbocycles. The zero-order valence-corrected chi connectivity index (χ0v) is 13.1. The van der Waals surface area contributed by atoms with Crippen molar-refractivity contribution in [1.29, 1.82) is 0 Å². The summed E-state index contributed by atoms with van der Waals surface area (Å²) in [5, 5.41) is 12.8. The van der Waals surface area contributed by atoms with Crippen LogP contribution in [0, 0.1) is 0 Å². The van der Waals surface area contributed by atoms with E-state index in [1.54, 1.807) is 18.2 Å². The summed E-state index contributed by atoms with van der Waals surface area (Å²) >= 11 is 0. The lowest BCUT2D eigenvalue weighted by Gasteiger charge is -2.17. The van der Waals surface area contributed by atoms with Crippen LogP contribution in [0.1, 0.15) is 17.2 Å². The molecule has 1 atom stereocenters. The van der Waals surface area contributed by atoms with E-state index in [1.165, 1.54) is 26.5 Å². The van der Waals surface area contributed by atoms with Gasteiger partial charge in [-0.05, 0) is 29.8 Å². The van der Waals surface area contributed by atoms with Crippen molar-refractivity contribution in [2.45, 2.75) is 12.3 Å². The van der Waals surface area contributed by atoms with Crippen molar-refractivity contribution in [3.63, 3.8) is 0 Å². The molecule has 5 nitrogen and oxygen atoms in total. The second kappa shape index (κ2) is 7.39. The van der Waals surface area contributed by atoms with Crippen molar-refractivity contribution in [2.24, 2.45) is 0 Å². The minimum absolute atomic E-state index is 0.156. The average Bonchev–Trinajstić information content (AvgIpc) is 2.58. The first-order valence-electron chi connectivity index (χ1n) is 7.02. The van der Waals surface area contributed by atoms with Gasteiger partial charge in [-0.3, -0.25) is 0 Å². The molecule has 0 fully saturated rings. The van der Waals surface area contributed by atoms with Crippen LogP contribution in [-0.4, -0.2) is 30.9 Å². The number of rotatable bonds is 6. The van der Waals surface area contributed by atoms with Crippen LogP contribution in [0.15, 0.2) is 36.5 Å². The molecule has 1 unspecified atom stereocenters. The Balaban J connectivity index is 2.16. The maximum Gasteiger partial charge on any atom is 0.419 e. The SMILES string of the molecule is COc1cc(OC)cc(C(O)CNc2ncccc2C(F)(F)F)c1. The van der Waals surface area contributed by atoms with Crippen molar-refractivity contribution in [1.82, 2.24) is 4.98 Å². The summed E-state index contributed by atoms with van der Waals surface area (Å²) in [7, 11) is 2.93. The zero-order valence-electron chi connectivity index (χ0n) is 13.1. The highest BCUT2D eigenvalue weighted by molar-refractivity contribution is 5.46. The third kappa shape index (κ3) is 4.29. The Bertz CT molecular complexity index is 670. The maximum absolute atomic E-state index is 12.9. The molecule has 0 radical (unpaired) electrons. The predicted molar refractivity (Wildman–Crippen MR) is 82.2 cm³/mol. The molecular weight excluding hydrogens is 325 g/mol. The predicted octanol–water partition coefficient (Wildman–Crippen LogP) is 3.26. The fraction of sp³-hybridized carbons (Fsp3) is 0.312. The van der Waals surface area contributed by atoms with Crippen molar-refractivity contribution < 1.29 is 27.8 Å². The second-order valence-electron chi connectivity index (χ2n) is 4.94. The van der Waals surface area contributed by atoms with E-state index in [4.69, 9.17) is 9.47 Å². The molecule has 130 valence electrons. The molecule has 0 aliphatic rings. The van der Waals surface area contributed by atoms with Gasteiger partial charge in [0.2, 0.25) is 0 Å². The zero-order chi connectivity index (χ0) is 17.7. The van der Waals surface area contributed by atoms with Crippen LogP contribution in [0.5, 0.6) is 11.5 Å². The van der Waals surface area contributed by atoms with Crippen LogP contribution < -0.4 is 14.8 Å². The van der Waals surface area contributed by atoms with Gasteiger partial charge >= 0.3 is 6.18 Å². The summed E-state index contributed by atoms with van der Waals surface area (Å²) in [5.41, 5.74) is -0.441. The summed E-state index contributed by atoms with van der Waals surface area (Å²) < 4.78 is 49.0. The maximum atomic E-state index is 12.9. The Morgan fingerprint density at radius 2 is 1.79 bits per heavy atom. The number of hydrogen-bond acceptors (Lipinski definition) is 5. The van der Waals surface area contributed by atoms with Crippen LogP contribution in [0.25, 0.3) is 0 Å². The lowest BCUT2D eigenvalue weighted by Crippen LogP contribution is -2.17. The molecule has 0 amide bonds. The molecule has 2 aromatic rings. The van der Waals surface area contributed by atoms with Crippen LogP contribution in [0.3, 0.4) is 0 Å². The second-order valence-corrected chi connectivity index (χ2v) is 4.94. The summed E-state index contributed by atoms with van der Waals surface area (Å²) in [6.45, 7) is -0.156. The highest BCUT2D eigenvalue weighted by Gasteiger charge is 2.34. The van der Waals surface area contributed by atoms with Gasteiger partial charge in [-0.25, -0.2) is 4.98 Å². The summed E-state index contributed by atoms with van der Waals surface area (Å²) in [6.07, 6.45) is -4.35. The fourth-order valence-corrected chi connectivity index (χ4v) is 2.11. The van der Waals surface area contributed by atoms with E-state index in [-0.39, 0.29) is 12.4 Å². The first-order valence-corrected chi connectivity index (χ1v) is 7.02. The number of aliphatic hydroxyl groups is 1. The number of anilines is 1. The molecule has 24 heavy (non-hydrogen) atoms. The molecule has 0 saturated carbocycles. The van der Waals surface area contributed by atoms with E-state index >= 15 is 0 Å². The molecule has 0 aliphatic heterocycles. The highest BCUT2D eigenvalue weighted by atomic mass is 19.4. The number of halogens is 3. The average molecular weight is 342 g/mol. The van der Waals surface area contributed by atoms with Gasteiger partial charge in [0.05, 0.1) is 25.9 Å². The first kappa shape index (κ1) is 17.9. The first-order chi connectivity index (χ1) is 11.3. The third-order valence-electron chi connectivity index (χ3n) is 3.33. The van der Waals surface area contributed by atoms with Gasteiger partial charge in [-0.15, -0.1) is 0 Å².